The van der Waals surface area contributed by atoms with Gasteiger partial charge in [0.15, 0.2) is 0 Å². The van der Waals surface area contributed by atoms with Crippen LogP contribution < -0.4 is 4.90 Å². The number of benzene rings is 1. The molecule has 0 radical (unpaired) electrons. The summed E-state index contributed by atoms with van der Waals surface area (Å²) in [4.78, 5) is 24.8. The van der Waals surface area contributed by atoms with Crippen molar-refractivity contribution in [3.05, 3.63) is 29.1 Å². The van der Waals surface area contributed by atoms with E-state index in [1.54, 1.807) is 13.0 Å². The van der Waals surface area contributed by atoms with Crippen molar-refractivity contribution in [2.24, 2.45) is 5.92 Å². The third kappa shape index (κ3) is 2.01. The molecule has 96 valence electrons. The van der Waals surface area contributed by atoms with Crippen LogP contribution in [0.15, 0.2) is 12.1 Å². The summed E-state index contributed by atoms with van der Waals surface area (Å²) in [6.07, 6.45) is 0. The molecule has 1 heterocycles. The summed E-state index contributed by atoms with van der Waals surface area (Å²) in [6, 6.07) is 2.87. The number of amides is 1. The van der Waals surface area contributed by atoms with Gasteiger partial charge in [0, 0.05) is 12.4 Å². The van der Waals surface area contributed by atoms with Gasteiger partial charge in [-0.25, -0.2) is 4.39 Å². The molecule has 0 N–H and O–H groups in total. The van der Waals surface area contributed by atoms with Gasteiger partial charge in [0.1, 0.15) is 5.82 Å². The van der Waals surface area contributed by atoms with Crippen LogP contribution in [0.3, 0.4) is 0 Å². The summed E-state index contributed by atoms with van der Waals surface area (Å²) in [5.74, 6) is -1.51. The Bertz CT molecular complexity index is 530. The van der Waals surface area contributed by atoms with Crippen molar-refractivity contribution >= 4 is 29.0 Å². The average molecular weight is 270 g/mol. The molecule has 1 atom stereocenters. The standard InChI is InChI=1S/C13H13ClFNO2/c1-7-3-9-11(10(15)4-7)16(6-8(2)5-14)13(18)12(9)17/h3-4,8H,5-6H2,1-2H3. The smallest absolute Gasteiger partial charge is 0.299 e. The number of fused-ring (bicyclic) bond motifs is 1. The molecule has 0 aliphatic carbocycles. The minimum Gasteiger partial charge on any atom is -0.302 e. The highest BCUT2D eigenvalue weighted by molar-refractivity contribution is 6.52. The maximum Gasteiger partial charge on any atom is 0.299 e. The zero-order valence-corrected chi connectivity index (χ0v) is 10.9. The fourth-order valence-corrected chi connectivity index (χ4v) is 2.15. The largest absolute Gasteiger partial charge is 0.302 e. The molecule has 2 rings (SSSR count). The van der Waals surface area contributed by atoms with Gasteiger partial charge in [-0.1, -0.05) is 6.92 Å². The Morgan fingerprint density at radius 1 is 1.39 bits per heavy atom. The Kier molecular flexibility index (Phi) is 3.39. The number of nitrogens with zero attached hydrogens (tertiary/aromatic N) is 1. The summed E-state index contributed by atoms with van der Waals surface area (Å²) in [7, 11) is 0. The monoisotopic (exact) mass is 269 g/mol. The predicted octanol–water partition coefficient (Wildman–Crippen LogP) is 2.54. The van der Waals surface area contributed by atoms with Gasteiger partial charge < -0.3 is 4.90 Å². The lowest BCUT2D eigenvalue weighted by molar-refractivity contribution is -0.114. The molecular formula is C13H13ClFNO2. The normalized spacial score (nSPS) is 16.1. The van der Waals surface area contributed by atoms with E-state index in [4.69, 9.17) is 11.6 Å². The molecule has 1 aliphatic heterocycles. The number of hydrogen-bond donors (Lipinski definition) is 0. The minimum atomic E-state index is -0.675. The Balaban J connectivity index is 2.48. The second-order valence-electron chi connectivity index (χ2n) is 4.65. The van der Waals surface area contributed by atoms with Crippen molar-refractivity contribution in [1.29, 1.82) is 0 Å². The van der Waals surface area contributed by atoms with Gasteiger partial charge in [0.2, 0.25) is 0 Å². The molecule has 1 aromatic carbocycles. The van der Waals surface area contributed by atoms with Crippen LogP contribution in [0.25, 0.3) is 0 Å². The zero-order chi connectivity index (χ0) is 13.4. The van der Waals surface area contributed by atoms with Gasteiger partial charge >= 0.3 is 0 Å². The van der Waals surface area contributed by atoms with E-state index in [-0.39, 0.29) is 23.7 Å². The van der Waals surface area contributed by atoms with Crippen LogP contribution in [0.4, 0.5) is 10.1 Å². The van der Waals surface area contributed by atoms with Crippen LogP contribution in [-0.4, -0.2) is 24.1 Å². The second kappa shape index (κ2) is 4.69. The van der Waals surface area contributed by atoms with E-state index >= 15 is 0 Å². The van der Waals surface area contributed by atoms with Crippen LogP contribution in [0, 0.1) is 18.7 Å². The van der Waals surface area contributed by atoms with Gasteiger partial charge in [-0.3, -0.25) is 9.59 Å². The van der Waals surface area contributed by atoms with Crippen LogP contribution in [0.2, 0.25) is 0 Å². The zero-order valence-electron chi connectivity index (χ0n) is 10.2. The van der Waals surface area contributed by atoms with Gasteiger partial charge in [-0.15, -0.1) is 11.6 Å². The Morgan fingerprint density at radius 3 is 2.67 bits per heavy atom. The molecule has 5 heteroatoms. The van der Waals surface area contributed by atoms with Crippen LogP contribution in [-0.2, 0) is 4.79 Å². The molecule has 0 fully saturated rings. The van der Waals surface area contributed by atoms with Crippen LogP contribution >= 0.6 is 11.6 Å². The summed E-state index contributed by atoms with van der Waals surface area (Å²) in [6.45, 7) is 3.78. The highest BCUT2D eigenvalue weighted by Gasteiger charge is 2.38. The molecule has 0 saturated carbocycles. The lowest BCUT2D eigenvalue weighted by Gasteiger charge is -2.20. The Hall–Kier alpha value is -1.42. The number of ketones is 1. The first kappa shape index (κ1) is 13.0. The maximum absolute atomic E-state index is 13.9. The molecule has 1 aliphatic rings. The van der Waals surface area contributed by atoms with Gasteiger partial charge in [0.05, 0.1) is 11.3 Å². The third-order valence-electron chi connectivity index (χ3n) is 2.92. The van der Waals surface area contributed by atoms with Crippen LogP contribution in [0.1, 0.15) is 22.8 Å². The quantitative estimate of drug-likeness (QED) is 0.625. The number of rotatable bonds is 3. The third-order valence-corrected chi connectivity index (χ3v) is 3.45. The minimum absolute atomic E-state index is 0.00457. The van der Waals surface area contributed by atoms with E-state index in [0.717, 1.165) is 0 Å². The first-order chi connectivity index (χ1) is 8.45. The van der Waals surface area contributed by atoms with Gasteiger partial charge in [-0.2, -0.15) is 0 Å². The number of carbonyl (C=O) groups is 2. The maximum atomic E-state index is 13.9. The molecule has 0 spiro atoms. The number of Topliss-reactive ketones (excluding diaryl/α,β-unsaturated/α-hetero) is 1. The topological polar surface area (TPSA) is 37.4 Å². The highest BCUT2D eigenvalue weighted by atomic mass is 35.5. The number of halogens is 2. The van der Waals surface area contributed by atoms with Crippen molar-refractivity contribution < 1.29 is 14.0 Å². The fraction of sp³-hybridized carbons (Fsp3) is 0.385. The molecule has 3 nitrogen and oxygen atoms in total. The van der Waals surface area contributed by atoms with Crippen LogP contribution in [0.5, 0.6) is 0 Å². The number of anilines is 1. The van der Waals surface area contributed by atoms with E-state index in [1.165, 1.54) is 11.0 Å². The second-order valence-corrected chi connectivity index (χ2v) is 4.96. The van der Waals surface area contributed by atoms with E-state index in [1.807, 2.05) is 6.92 Å². The molecule has 1 aromatic rings. The average Bonchev–Trinajstić information content (AvgIpc) is 2.54. The van der Waals surface area contributed by atoms with E-state index in [2.05, 4.69) is 0 Å². The number of aryl methyl sites for hydroxylation is 1. The SMILES string of the molecule is Cc1cc(F)c2c(c1)C(=O)C(=O)N2CC(C)CCl. The molecular weight excluding hydrogens is 257 g/mol. The van der Waals surface area contributed by atoms with Gasteiger partial charge in [0.25, 0.3) is 11.7 Å². The van der Waals surface area contributed by atoms with Crippen molar-refractivity contribution in [2.45, 2.75) is 13.8 Å². The Labute approximate surface area is 110 Å². The summed E-state index contributed by atoms with van der Waals surface area (Å²) in [5.41, 5.74) is 0.867. The number of carbonyl (C=O) groups excluding carboxylic acids is 2. The summed E-state index contributed by atoms with van der Waals surface area (Å²) in [5, 5.41) is 0. The lowest BCUT2D eigenvalue weighted by Crippen LogP contribution is -2.34. The van der Waals surface area contributed by atoms with Crippen molar-refractivity contribution in [3.63, 3.8) is 0 Å². The number of alkyl halides is 1. The van der Waals surface area contributed by atoms with E-state index in [9.17, 15) is 14.0 Å². The molecule has 0 bridgehead atoms. The van der Waals surface area contributed by atoms with E-state index < -0.39 is 17.5 Å². The summed E-state index contributed by atoms with van der Waals surface area (Å²) >= 11 is 5.69. The predicted molar refractivity (Wildman–Crippen MR) is 67.7 cm³/mol. The van der Waals surface area contributed by atoms with Gasteiger partial charge in [-0.05, 0) is 30.5 Å². The lowest BCUT2D eigenvalue weighted by atomic mass is 10.1. The fourth-order valence-electron chi connectivity index (χ4n) is 2.06. The summed E-state index contributed by atoms with van der Waals surface area (Å²) < 4.78 is 13.9. The highest BCUT2D eigenvalue weighted by Crippen LogP contribution is 2.33. The molecule has 1 unspecified atom stereocenters. The Morgan fingerprint density at radius 2 is 2.06 bits per heavy atom. The molecule has 1 amide bonds. The first-order valence-corrected chi connectivity index (χ1v) is 6.21. The molecule has 0 aromatic heterocycles. The number of hydrogen-bond acceptors (Lipinski definition) is 2. The van der Waals surface area contributed by atoms with E-state index in [0.29, 0.717) is 11.4 Å². The van der Waals surface area contributed by atoms with Crippen molar-refractivity contribution in [2.75, 3.05) is 17.3 Å². The molecule has 18 heavy (non-hydrogen) atoms. The molecule has 0 saturated heterocycles. The van der Waals surface area contributed by atoms with Crippen molar-refractivity contribution in [3.8, 4) is 0 Å². The van der Waals surface area contributed by atoms with Crippen molar-refractivity contribution in [1.82, 2.24) is 0 Å². The first-order valence-electron chi connectivity index (χ1n) is 5.68.